The van der Waals surface area contributed by atoms with E-state index in [4.69, 9.17) is 14.9 Å². The minimum Gasteiger partial charge on any atom is -0.394 e. The van der Waals surface area contributed by atoms with Crippen LogP contribution >= 0.6 is 0 Å². The molecule has 1 aliphatic heterocycles. The first-order chi connectivity index (χ1) is 5.57. The van der Waals surface area contributed by atoms with Crippen molar-refractivity contribution < 1.29 is 25.2 Å². The molecule has 1 heterocycles. The van der Waals surface area contributed by atoms with Gasteiger partial charge in [0.25, 0.3) is 0 Å². The van der Waals surface area contributed by atoms with Gasteiger partial charge in [-0.15, -0.1) is 0 Å². The largest absolute Gasteiger partial charge is 0.394 e. The van der Waals surface area contributed by atoms with Crippen molar-refractivity contribution in [3.8, 4) is 0 Å². The summed E-state index contributed by atoms with van der Waals surface area (Å²) < 4.78 is 4.83. The summed E-state index contributed by atoms with van der Waals surface area (Å²) in [5.74, 6) is -0.539. The second-order valence-corrected chi connectivity index (χ2v) is 3.09. The second kappa shape index (κ2) is 3.68. The van der Waals surface area contributed by atoms with Gasteiger partial charge in [-0.3, -0.25) is 0 Å². The quantitative estimate of drug-likeness (QED) is 0.375. The summed E-state index contributed by atoms with van der Waals surface area (Å²) in [6.45, 7) is 1.15. The molecular weight excluding hydrogens is 164 g/mol. The van der Waals surface area contributed by atoms with Gasteiger partial charge in [0.1, 0.15) is 12.2 Å². The lowest BCUT2D eigenvalue weighted by Gasteiger charge is -2.38. The summed E-state index contributed by atoms with van der Waals surface area (Å²) in [5.41, 5.74) is 0. The van der Waals surface area contributed by atoms with E-state index in [-0.39, 0.29) is 0 Å². The molecule has 1 saturated heterocycles. The zero-order chi connectivity index (χ0) is 9.30. The highest BCUT2D eigenvalue weighted by molar-refractivity contribution is 4.86. The summed E-state index contributed by atoms with van der Waals surface area (Å²) in [6, 6.07) is 0. The van der Waals surface area contributed by atoms with Crippen molar-refractivity contribution in [2.75, 3.05) is 6.61 Å². The Morgan fingerprint density at radius 3 is 2.25 bits per heavy atom. The van der Waals surface area contributed by atoms with E-state index in [1.54, 1.807) is 6.92 Å². The van der Waals surface area contributed by atoms with Crippen LogP contribution < -0.4 is 0 Å². The number of hydrogen-bond donors (Lipinski definition) is 4. The topological polar surface area (TPSA) is 90.2 Å². The first kappa shape index (κ1) is 9.88. The van der Waals surface area contributed by atoms with E-state index < -0.39 is 37.1 Å². The lowest BCUT2D eigenvalue weighted by atomic mass is 9.93. The molecule has 3 unspecified atom stereocenters. The van der Waals surface area contributed by atoms with Crippen LogP contribution in [0, 0.1) is 5.92 Å². The molecule has 1 fully saturated rings. The average molecular weight is 178 g/mol. The van der Waals surface area contributed by atoms with E-state index in [1.807, 2.05) is 0 Å². The Morgan fingerprint density at radius 2 is 1.75 bits per heavy atom. The molecule has 0 aromatic rings. The lowest BCUT2D eigenvalue weighted by molar-refractivity contribution is -0.266. The Hall–Kier alpha value is -0.200. The fourth-order valence-electron chi connectivity index (χ4n) is 1.23. The lowest BCUT2D eigenvalue weighted by Crippen LogP contribution is -2.54. The normalized spacial score (nSPS) is 49.2. The van der Waals surface area contributed by atoms with Crippen LogP contribution in [0.25, 0.3) is 0 Å². The number of hydrogen-bond acceptors (Lipinski definition) is 5. The predicted molar refractivity (Wildman–Crippen MR) is 39.1 cm³/mol. The zero-order valence-electron chi connectivity index (χ0n) is 6.79. The van der Waals surface area contributed by atoms with E-state index in [2.05, 4.69) is 0 Å². The highest BCUT2D eigenvalue weighted by Gasteiger charge is 2.40. The van der Waals surface area contributed by atoms with Crippen LogP contribution in [0.5, 0.6) is 0 Å². The average Bonchev–Trinajstić information content (AvgIpc) is 2.08. The summed E-state index contributed by atoms with van der Waals surface area (Å²) >= 11 is 0. The summed E-state index contributed by atoms with van der Waals surface area (Å²) in [5, 5.41) is 36.4. The van der Waals surface area contributed by atoms with Crippen LogP contribution in [0.4, 0.5) is 0 Å². The molecule has 12 heavy (non-hydrogen) atoms. The molecule has 0 spiro atoms. The molecule has 0 saturated carbocycles. The maximum absolute atomic E-state index is 9.32. The molecule has 0 aromatic heterocycles. The monoisotopic (exact) mass is 178 g/mol. The van der Waals surface area contributed by atoms with E-state index >= 15 is 0 Å². The Labute approximate surface area is 70.2 Å². The highest BCUT2D eigenvalue weighted by Crippen LogP contribution is 2.23. The van der Waals surface area contributed by atoms with Crippen LogP contribution in [0.2, 0.25) is 0 Å². The minimum atomic E-state index is -1.13. The summed E-state index contributed by atoms with van der Waals surface area (Å²) in [4.78, 5) is 0. The molecule has 5 atom stereocenters. The van der Waals surface area contributed by atoms with Crippen LogP contribution in [0.3, 0.4) is 0 Å². The fraction of sp³-hybridized carbons (Fsp3) is 1.00. The van der Waals surface area contributed by atoms with Gasteiger partial charge in [-0.05, 0) is 0 Å². The first-order valence-corrected chi connectivity index (χ1v) is 3.88. The van der Waals surface area contributed by atoms with Gasteiger partial charge >= 0.3 is 0 Å². The maximum atomic E-state index is 9.32. The fourth-order valence-corrected chi connectivity index (χ4v) is 1.23. The van der Waals surface area contributed by atoms with Gasteiger partial charge in [-0.1, -0.05) is 6.92 Å². The van der Waals surface area contributed by atoms with Gasteiger partial charge in [0.15, 0.2) is 6.29 Å². The van der Waals surface area contributed by atoms with Crippen molar-refractivity contribution >= 4 is 0 Å². The number of ether oxygens (including phenoxy) is 1. The molecule has 0 amide bonds. The number of aliphatic hydroxyl groups is 4. The molecule has 0 bridgehead atoms. The third-order valence-corrected chi connectivity index (χ3v) is 2.21. The van der Waals surface area contributed by atoms with Crippen LogP contribution in [0.1, 0.15) is 6.92 Å². The molecule has 0 aromatic carbocycles. The van der Waals surface area contributed by atoms with Crippen molar-refractivity contribution in [1.29, 1.82) is 0 Å². The Balaban J connectivity index is 2.63. The third-order valence-electron chi connectivity index (χ3n) is 2.21. The van der Waals surface area contributed by atoms with Gasteiger partial charge in [0.2, 0.25) is 0 Å². The van der Waals surface area contributed by atoms with Crippen molar-refractivity contribution in [1.82, 2.24) is 0 Å². The van der Waals surface area contributed by atoms with Crippen LogP contribution in [0.15, 0.2) is 0 Å². The zero-order valence-corrected chi connectivity index (χ0v) is 6.79. The van der Waals surface area contributed by atoms with E-state index in [0.717, 1.165) is 0 Å². The van der Waals surface area contributed by atoms with Crippen LogP contribution in [-0.2, 0) is 4.74 Å². The standard InChI is InChI=1S/C7H14O5/c1-3-5(9)6(10)4(2-8)12-7(3)11/h3-11H,2H2,1H3/t3-,4?,5?,6-,7?/m1/s1. The molecule has 4 N–H and O–H groups in total. The maximum Gasteiger partial charge on any atom is 0.160 e. The van der Waals surface area contributed by atoms with Crippen LogP contribution in [-0.4, -0.2) is 51.6 Å². The summed E-state index contributed by atoms with van der Waals surface area (Å²) in [6.07, 6.45) is -4.20. The molecule has 1 rings (SSSR count). The Bertz CT molecular complexity index is 146. The van der Waals surface area contributed by atoms with Crippen molar-refractivity contribution in [3.63, 3.8) is 0 Å². The molecule has 0 aliphatic carbocycles. The van der Waals surface area contributed by atoms with Gasteiger partial charge in [0.05, 0.1) is 12.7 Å². The Kier molecular flexibility index (Phi) is 3.03. The van der Waals surface area contributed by atoms with Crippen molar-refractivity contribution in [2.45, 2.75) is 31.5 Å². The van der Waals surface area contributed by atoms with Crippen molar-refractivity contribution in [3.05, 3.63) is 0 Å². The molecule has 5 nitrogen and oxygen atoms in total. The smallest absolute Gasteiger partial charge is 0.160 e. The van der Waals surface area contributed by atoms with Gasteiger partial charge < -0.3 is 25.2 Å². The first-order valence-electron chi connectivity index (χ1n) is 3.88. The predicted octanol–water partition coefficient (Wildman–Crippen LogP) is -1.95. The highest BCUT2D eigenvalue weighted by atomic mass is 16.6. The molecule has 5 heteroatoms. The summed E-state index contributed by atoms with van der Waals surface area (Å²) in [7, 11) is 0. The number of aliphatic hydroxyl groups excluding tert-OH is 4. The van der Waals surface area contributed by atoms with Crippen molar-refractivity contribution in [2.24, 2.45) is 5.92 Å². The Morgan fingerprint density at radius 1 is 1.17 bits per heavy atom. The molecule has 72 valence electrons. The molecule has 1 aliphatic rings. The number of rotatable bonds is 1. The van der Waals surface area contributed by atoms with Gasteiger partial charge in [-0.25, -0.2) is 0 Å². The second-order valence-electron chi connectivity index (χ2n) is 3.09. The SMILES string of the molecule is C[C@H]1C(O)OC(CO)[C@@H](O)C1O. The van der Waals surface area contributed by atoms with E-state index in [0.29, 0.717) is 0 Å². The molecule has 0 radical (unpaired) electrons. The molecular formula is C7H14O5. The van der Waals surface area contributed by atoms with Gasteiger partial charge in [-0.2, -0.15) is 0 Å². The van der Waals surface area contributed by atoms with E-state index in [9.17, 15) is 10.2 Å². The minimum absolute atomic E-state index is 0.415. The third kappa shape index (κ3) is 1.60. The van der Waals surface area contributed by atoms with E-state index in [1.165, 1.54) is 0 Å². The van der Waals surface area contributed by atoms with Gasteiger partial charge in [0, 0.05) is 5.92 Å².